The Bertz CT molecular complexity index is 193. The summed E-state index contributed by atoms with van der Waals surface area (Å²) in [6, 6.07) is 0.265. The standard InChI is InChI=1S/C8H13NO2/c1-9-5-2-3-6(10)8(9)7(11)4-5/h5,7-8,11H,2-4H2,1H3/t5-,7?,8+/m1/s1. The van der Waals surface area contributed by atoms with Gasteiger partial charge in [-0.2, -0.15) is 0 Å². The molecule has 1 N–H and O–H groups in total. The van der Waals surface area contributed by atoms with Crippen molar-refractivity contribution in [1.29, 1.82) is 0 Å². The predicted octanol–water partition coefficient (Wildman–Crippen LogP) is -0.217. The molecule has 0 aromatic rings. The summed E-state index contributed by atoms with van der Waals surface area (Å²) in [4.78, 5) is 13.3. The third-order valence-electron chi connectivity index (χ3n) is 2.95. The van der Waals surface area contributed by atoms with E-state index in [-0.39, 0.29) is 11.8 Å². The zero-order valence-electron chi connectivity index (χ0n) is 6.66. The van der Waals surface area contributed by atoms with Crippen LogP contribution in [0.1, 0.15) is 19.3 Å². The van der Waals surface area contributed by atoms with Crippen molar-refractivity contribution >= 4 is 5.78 Å². The number of Topliss-reactive ketones (excluding diaryl/α,β-unsaturated/α-hetero) is 1. The van der Waals surface area contributed by atoms with E-state index in [1.165, 1.54) is 0 Å². The number of piperidine rings is 1. The molecule has 0 aliphatic carbocycles. The summed E-state index contributed by atoms with van der Waals surface area (Å²) < 4.78 is 0. The summed E-state index contributed by atoms with van der Waals surface area (Å²) in [5.41, 5.74) is 0. The van der Waals surface area contributed by atoms with E-state index >= 15 is 0 Å². The fourth-order valence-corrected chi connectivity index (χ4v) is 2.29. The number of ketones is 1. The minimum Gasteiger partial charge on any atom is -0.391 e. The molecule has 0 amide bonds. The third kappa shape index (κ3) is 0.914. The van der Waals surface area contributed by atoms with Crippen LogP contribution >= 0.6 is 0 Å². The van der Waals surface area contributed by atoms with Crippen molar-refractivity contribution < 1.29 is 9.90 Å². The Morgan fingerprint density at radius 2 is 2.36 bits per heavy atom. The fourth-order valence-electron chi connectivity index (χ4n) is 2.29. The highest BCUT2D eigenvalue weighted by Gasteiger charge is 2.45. The summed E-state index contributed by atoms with van der Waals surface area (Å²) in [5, 5.41) is 9.48. The van der Waals surface area contributed by atoms with Crippen LogP contribution in [-0.2, 0) is 4.79 Å². The maximum absolute atomic E-state index is 11.3. The first-order chi connectivity index (χ1) is 5.20. The van der Waals surface area contributed by atoms with E-state index in [2.05, 4.69) is 0 Å². The highest BCUT2D eigenvalue weighted by atomic mass is 16.3. The number of nitrogens with zero attached hydrogens (tertiary/aromatic N) is 1. The zero-order chi connectivity index (χ0) is 8.01. The zero-order valence-corrected chi connectivity index (χ0v) is 6.66. The van der Waals surface area contributed by atoms with Crippen molar-refractivity contribution in [3.8, 4) is 0 Å². The molecule has 11 heavy (non-hydrogen) atoms. The monoisotopic (exact) mass is 155 g/mol. The number of hydrogen-bond donors (Lipinski definition) is 1. The summed E-state index contributed by atoms with van der Waals surface area (Å²) in [7, 11) is 1.93. The molecule has 2 heterocycles. The van der Waals surface area contributed by atoms with Crippen molar-refractivity contribution in [3.05, 3.63) is 0 Å². The molecule has 2 aliphatic heterocycles. The van der Waals surface area contributed by atoms with Gasteiger partial charge in [-0.3, -0.25) is 9.69 Å². The van der Waals surface area contributed by atoms with Gasteiger partial charge >= 0.3 is 0 Å². The van der Waals surface area contributed by atoms with Crippen LogP contribution in [0.4, 0.5) is 0 Å². The molecule has 0 radical (unpaired) electrons. The topological polar surface area (TPSA) is 40.5 Å². The quantitative estimate of drug-likeness (QED) is 0.526. The van der Waals surface area contributed by atoms with Gasteiger partial charge in [-0.05, 0) is 19.9 Å². The van der Waals surface area contributed by atoms with Crippen molar-refractivity contribution in [3.63, 3.8) is 0 Å². The normalized spacial score (nSPS) is 44.9. The van der Waals surface area contributed by atoms with Crippen molar-refractivity contribution in [2.45, 2.75) is 37.5 Å². The van der Waals surface area contributed by atoms with Gasteiger partial charge < -0.3 is 5.11 Å². The average Bonchev–Trinajstić information content (AvgIpc) is 2.11. The lowest BCUT2D eigenvalue weighted by molar-refractivity contribution is -0.127. The third-order valence-corrected chi connectivity index (χ3v) is 2.95. The fraction of sp³-hybridized carbons (Fsp3) is 0.875. The molecule has 0 spiro atoms. The lowest BCUT2D eigenvalue weighted by Gasteiger charge is -2.29. The van der Waals surface area contributed by atoms with Crippen molar-refractivity contribution in [2.75, 3.05) is 7.05 Å². The lowest BCUT2D eigenvalue weighted by Crippen LogP contribution is -2.45. The Morgan fingerprint density at radius 1 is 1.64 bits per heavy atom. The van der Waals surface area contributed by atoms with Crippen LogP contribution < -0.4 is 0 Å². The number of rotatable bonds is 0. The van der Waals surface area contributed by atoms with Gasteiger partial charge in [-0.15, -0.1) is 0 Å². The van der Waals surface area contributed by atoms with Gasteiger partial charge in [-0.1, -0.05) is 0 Å². The second kappa shape index (κ2) is 2.29. The van der Waals surface area contributed by atoms with Crippen LogP contribution in [0.25, 0.3) is 0 Å². The predicted molar refractivity (Wildman–Crippen MR) is 40.2 cm³/mol. The Balaban J connectivity index is 2.25. The summed E-state index contributed by atoms with van der Waals surface area (Å²) >= 11 is 0. The first kappa shape index (κ1) is 7.25. The number of carbonyl (C=O) groups is 1. The molecule has 3 heteroatoms. The minimum absolute atomic E-state index is 0.186. The maximum Gasteiger partial charge on any atom is 0.152 e. The number of fused-ring (bicyclic) bond motifs is 2. The molecule has 1 unspecified atom stereocenters. The average molecular weight is 155 g/mol. The van der Waals surface area contributed by atoms with Gasteiger partial charge in [-0.25, -0.2) is 0 Å². The molecular formula is C8H13NO2. The van der Waals surface area contributed by atoms with Gasteiger partial charge in [0.2, 0.25) is 0 Å². The van der Waals surface area contributed by atoms with Crippen LogP contribution in [0, 0.1) is 0 Å². The van der Waals surface area contributed by atoms with Gasteiger partial charge in [0.1, 0.15) is 0 Å². The minimum atomic E-state index is -0.403. The van der Waals surface area contributed by atoms with Gasteiger partial charge in [0.15, 0.2) is 5.78 Å². The number of aliphatic hydroxyl groups excluding tert-OH is 1. The van der Waals surface area contributed by atoms with Gasteiger partial charge in [0, 0.05) is 12.5 Å². The Kier molecular flexibility index (Phi) is 1.51. The van der Waals surface area contributed by atoms with Crippen LogP contribution in [-0.4, -0.2) is 41.0 Å². The number of carbonyl (C=O) groups excluding carboxylic acids is 1. The Morgan fingerprint density at radius 3 is 3.00 bits per heavy atom. The van der Waals surface area contributed by atoms with Crippen molar-refractivity contribution in [1.82, 2.24) is 4.90 Å². The van der Waals surface area contributed by atoms with E-state index in [9.17, 15) is 9.90 Å². The van der Waals surface area contributed by atoms with E-state index in [0.717, 1.165) is 12.8 Å². The van der Waals surface area contributed by atoms with E-state index in [4.69, 9.17) is 0 Å². The molecule has 62 valence electrons. The molecule has 2 fully saturated rings. The van der Waals surface area contributed by atoms with E-state index in [0.29, 0.717) is 12.5 Å². The highest BCUT2D eigenvalue weighted by molar-refractivity contribution is 5.86. The van der Waals surface area contributed by atoms with Crippen LogP contribution in [0.15, 0.2) is 0 Å². The van der Waals surface area contributed by atoms with E-state index in [1.54, 1.807) is 0 Å². The Hall–Kier alpha value is -0.410. The molecule has 0 aromatic carbocycles. The SMILES string of the molecule is CN1[C@@H]2CCC(=O)[C@H]1C(O)C2. The first-order valence-electron chi connectivity index (χ1n) is 4.13. The van der Waals surface area contributed by atoms with Crippen molar-refractivity contribution in [2.24, 2.45) is 0 Å². The van der Waals surface area contributed by atoms with E-state index in [1.807, 2.05) is 11.9 Å². The second-order valence-corrected chi connectivity index (χ2v) is 3.57. The van der Waals surface area contributed by atoms with Crippen LogP contribution in [0.3, 0.4) is 0 Å². The summed E-state index contributed by atoms with van der Waals surface area (Å²) in [5.74, 6) is 0.216. The maximum atomic E-state index is 11.3. The smallest absolute Gasteiger partial charge is 0.152 e. The Labute approximate surface area is 66.0 Å². The second-order valence-electron chi connectivity index (χ2n) is 3.57. The lowest BCUT2D eigenvalue weighted by atomic mass is 10.0. The molecule has 3 atom stereocenters. The molecular weight excluding hydrogens is 142 g/mol. The number of likely N-dealkylation sites (N-methyl/N-ethyl adjacent to an activating group) is 1. The molecule has 2 rings (SSSR count). The number of hydrogen-bond acceptors (Lipinski definition) is 3. The largest absolute Gasteiger partial charge is 0.391 e. The van der Waals surface area contributed by atoms with E-state index < -0.39 is 6.10 Å². The molecule has 2 aliphatic rings. The molecule has 2 bridgehead atoms. The van der Waals surface area contributed by atoms with Crippen LogP contribution in [0.5, 0.6) is 0 Å². The van der Waals surface area contributed by atoms with Gasteiger partial charge in [0.25, 0.3) is 0 Å². The van der Waals surface area contributed by atoms with Crippen LogP contribution in [0.2, 0.25) is 0 Å². The summed E-state index contributed by atoms with van der Waals surface area (Å²) in [6.07, 6.45) is 1.98. The molecule has 0 saturated carbocycles. The highest BCUT2D eigenvalue weighted by Crippen LogP contribution is 2.31. The molecule has 3 nitrogen and oxygen atoms in total. The summed E-state index contributed by atoms with van der Waals surface area (Å²) in [6.45, 7) is 0. The molecule has 2 saturated heterocycles. The number of aliphatic hydroxyl groups is 1. The van der Waals surface area contributed by atoms with Gasteiger partial charge in [0.05, 0.1) is 12.1 Å². The molecule has 0 aromatic heterocycles. The first-order valence-corrected chi connectivity index (χ1v) is 4.13.